The highest BCUT2D eigenvalue weighted by atomic mass is 19.2. The van der Waals surface area contributed by atoms with E-state index in [4.69, 9.17) is 0 Å². The van der Waals surface area contributed by atoms with Crippen molar-refractivity contribution < 1.29 is 13.2 Å². The first kappa shape index (κ1) is 17.3. The quantitative estimate of drug-likeness (QED) is 0.556. The van der Waals surface area contributed by atoms with Gasteiger partial charge in [-0.3, -0.25) is 0 Å². The minimum Gasteiger partial charge on any atom is -0.212 e. The van der Waals surface area contributed by atoms with Crippen LogP contribution in [0.1, 0.15) is 44.2 Å². The molecule has 0 aliphatic rings. The average molecular weight is 318 g/mol. The number of rotatable bonds is 6. The van der Waals surface area contributed by atoms with Gasteiger partial charge < -0.3 is 0 Å². The Balaban J connectivity index is 2.29. The second-order valence-electron chi connectivity index (χ2n) is 5.61. The number of halogens is 3. The van der Waals surface area contributed by atoms with Crippen molar-refractivity contribution >= 4 is 6.08 Å². The van der Waals surface area contributed by atoms with Gasteiger partial charge in [0.1, 0.15) is 5.83 Å². The van der Waals surface area contributed by atoms with Gasteiger partial charge >= 0.3 is 0 Å². The van der Waals surface area contributed by atoms with Gasteiger partial charge in [0.25, 0.3) is 0 Å². The van der Waals surface area contributed by atoms with E-state index in [-0.39, 0.29) is 11.4 Å². The van der Waals surface area contributed by atoms with Crippen LogP contribution in [0.5, 0.6) is 0 Å². The topological polar surface area (TPSA) is 0 Å². The van der Waals surface area contributed by atoms with Gasteiger partial charge in [-0.1, -0.05) is 56.7 Å². The van der Waals surface area contributed by atoms with Gasteiger partial charge in [-0.25, -0.2) is 13.2 Å². The van der Waals surface area contributed by atoms with Crippen molar-refractivity contribution in [1.82, 2.24) is 0 Å². The predicted molar refractivity (Wildman–Crippen MR) is 89.8 cm³/mol. The molecule has 2 aromatic carbocycles. The molecule has 0 radical (unpaired) electrons. The second-order valence-corrected chi connectivity index (χ2v) is 5.61. The van der Waals surface area contributed by atoms with E-state index >= 15 is 0 Å². The van der Waals surface area contributed by atoms with Crippen LogP contribution in [0.2, 0.25) is 0 Å². The largest absolute Gasteiger partial charge is 0.212 e. The second kappa shape index (κ2) is 8.00. The van der Waals surface area contributed by atoms with Crippen LogP contribution in [0, 0.1) is 11.6 Å². The number of aryl methyl sites for hydroxylation is 1. The molecule has 0 heterocycles. The highest BCUT2D eigenvalue weighted by Crippen LogP contribution is 2.27. The molecule has 2 rings (SSSR count). The van der Waals surface area contributed by atoms with E-state index in [0.29, 0.717) is 29.5 Å². The van der Waals surface area contributed by atoms with Gasteiger partial charge in [0.15, 0.2) is 11.6 Å². The van der Waals surface area contributed by atoms with Crippen LogP contribution in [-0.2, 0) is 6.42 Å². The lowest BCUT2D eigenvalue weighted by atomic mass is 9.99. The lowest BCUT2D eigenvalue weighted by molar-refractivity contribution is 0.500. The summed E-state index contributed by atoms with van der Waals surface area (Å²) in [6.45, 7) is 3.84. The zero-order chi connectivity index (χ0) is 16.8. The lowest BCUT2D eigenvalue weighted by Gasteiger charge is -2.08. The van der Waals surface area contributed by atoms with Crippen molar-refractivity contribution in [2.45, 2.75) is 39.5 Å². The normalized spacial score (nSPS) is 11.8. The summed E-state index contributed by atoms with van der Waals surface area (Å²) in [6, 6.07) is 10.0. The van der Waals surface area contributed by atoms with Crippen LogP contribution in [0.15, 0.2) is 42.2 Å². The van der Waals surface area contributed by atoms with Gasteiger partial charge in [-0.15, -0.1) is 0 Å². The van der Waals surface area contributed by atoms with E-state index in [2.05, 4.69) is 0 Å². The maximum absolute atomic E-state index is 14.2. The molecule has 0 aliphatic carbocycles. The maximum atomic E-state index is 14.2. The van der Waals surface area contributed by atoms with Crippen LogP contribution in [-0.4, -0.2) is 0 Å². The number of hydrogen-bond acceptors (Lipinski definition) is 0. The molecule has 3 heteroatoms. The van der Waals surface area contributed by atoms with Crippen LogP contribution in [0.25, 0.3) is 17.2 Å². The van der Waals surface area contributed by atoms with Crippen molar-refractivity contribution in [1.29, 1.82) is 0 Å². The van der Waals surface area contributed by atoms with Crippen LogP contribution < -0.4 is 0 Å². The summed E-state index contributed by atoms with van der Waals surface area (Å²) in [5.74, 6) is -1.78. The smallest absolute Gasteiger partial charge is 0.166 e. The maximum Gasteiger partial charge on any atom is 0.166 e. The van der Waals surface area contributed by atoms with Crippen molar-refractivity contribution in [2.24, 2.45) is 0 Å². The molecule has 0 saturated heterocycles. The number of allylic oxidation sites excluding steroid dienone is 1. The molecule has 0 aromatic heterocycles. The molecule has 0 N–H and O–H groups in total. The fourth-order valence-corrected chi connectivity index (χ4v) is 2.53. The number of benzene rings is 2. The van der Waals surface area contributed by atoms with Crippen molar-refractivity contribution in [2.75, 3.05) is 0 Å². The van der Waals surface area contributed by atoms with Gasteiger partial charge in [0, 0.05) is 5.56 Å². The lowest BCUT2D eigenvalue weighted by Crippen LogP contribution is -1.97. The van der Waals surface area contributed by atoms with Crippen molar-refractivity contribution in [3.8, 4) is 11.1 Å². The first-order valence-corrected chi connectivity index (χ1v) is 8.00. The van der Waals surface area contributed by atoms with E-state index in [1.807, 2.05) is 13.8 Å². The molecule has 0 saturated carbocycles. The third kappa shape index (κ3) is 4.25. The molecule has 0 fully saturated rings. The molecule has 23 heavy (non-hydrogen) atoms. The Labute approximate surface area is 135 Å². The SMILES string of the molecule is CCCC(F)=Cc1ccc(-c2ccc(CCC)c(F)c2F)cc1. The van der Waals surface area contributed by atoms with Crippen molar-refractivity contribution in [3.05, 3.63) is 65.0 Å². The summed E-state index contributed by atoms with van der Waals surface area (Å²) in [4.78, 5) is 0. The molecule has 0 nitrogen and oxygen atoms in total. The Morgan fingerprint density at radius 1 is 0.913 bits per heavy atom. The van der Waals surface area contributed by atoms with Crippen LogP contribution >= 0.6 is 0 Å². The highest BCUT2D eigenvalue weighted by Gasteiger charge is 2.14. The summed E-state index contributed by atoms with van der Waals surface area (Å²) in [6.07, 6.45) is 3.90. The van der Waals surface area contributed by atoms with Crippen LogP contribution in [0.4, 0.5) is 13.2 Å². The fourth-order valence-electron chi connectivity index (χ4n) is 2.53. The van der Waals surface area contributed by atoms with Gasteiger partial charge in [0.2, 0.25) is 0 Å². The Bertz CT molecular complexity index is 685. The monoisotopic (exact) mass is 318 g/mol. The van der Waals surface area contributed by atoms with E-state index in [1.165, 1.54) is 6.08 Å². The summed E-state index contributed by atoms with van der Waals surface area (Å²) in [5, 5.41) is 0. The third-order valence-electron chi connectivity index (χ3n) is 3.72. The third-order valence-corrected chi connectivity index (χ3v) is 3.72. The Hall–Kier alpha value is -2.03. The van der Waals surface area contributed by atoms with E-state index in [9.17, 15) is 13.2 Å². The molecule has 122 valence electrons. The molecule has 0 atom stereocenters. The van der Waals surface area contributed by atoms with Gasteiger partial charge in [-0.05, 0) is 42.0 Å². The summed E-state index contributed by atoms with van der Waals surface area (Å²) >= 11 is 0. The zero-order valence-corrected chi connectivity index (χ0v) is 13.5. The van der Waals surface area contributed by atoms with Gasteiger partial charge in [0.05, 0.1) is 0 Å². The Kier molecular flexibility index (Phi) is 6.03. The Morgan fingerprint density at radius 3 is 2.22 bits per heavy atom. The van der Waals surface area contributed by atoms with Crippen LogP contribution in [0.3, 0.4) is 0 Å². The number of hydrogen-bond donors (Lipinski definition) is 0. The first-order valence-electron chi connectivity index (χ1n) is 8.00. The minimum absolute atomic E-state index is 0.179. The zero-order valence-electron chi connectivity index (χ0n) is 13.5. The highest BCUT2D eigenvalue weighted by molar-refractivity contribution is 5.67. The molecule has 0 amide bonds. The molecule has 0 bridgehead atoms. The molecule has 0 unspecified atom stereocenters. The predicted octanol–water partition coefficient (Wildman–Crippen LogP) is 6.69. The molecule has 0 spiro atoms. The van der Waals surface area contributed by atoms with E-state index in [1.54, 1.807) is 36.4 Å². The summed E-state index contributed by atoms with van der Waals surface area (Å²) in [5.41, 5.74) is 1.92. The molecular formula is C20H21F3. The molecular weight excluding hydrogens is 297 g/mol. The first-order chi connectivity index (χ1) is 11.1. The minimum atomic E-state index is -0.823. The van der Waals surface area contributed by atoms with Crippen molar-refractivity contribution in [3.63, 3.8) is 0 Å². The Morgan fingerprint density at radius 2 is 1.61 bits per heavy atom. The van der Waals surface area contributed by atoms with E-state index < -0.39 is 11.6 Å². The standard InChI is InChI=1S/C20H21F3/c1-3-5-16-11-12-18(20(23)19(16)22)15-9-7-14(8-10-15)13-17(21)6-4-2/h7-13H,3-6H2,1-2H3. The van der Waals surface area contributed by atoms with E-state index in [0.717, 1.165) is 12.8 Å². The molecule has 2 aromatic rings. The van der Waals surface area contributed by atoms with Gasteiger partial charge in [-0.2, -0.15) is 0 Å². The fraction of sp³-hybridized carbons (Fsp3) is 0.300. The molecule has 0 aliphatic heterocycles. The average Bonchev–Trinajstić information content (AvgIpc) is 2.53. The summed E-state index contributed by atoms with van der Waals surface area (Å²) in [7, 11) is 0. The summed E-state index contributed by atoms with van der Waals surface area (Å²) < 4.78 is 41.8.